The molecule has 22 heavy (non-hydrogen) atoms. The summed E-state index contributed by atoms with van der Waals surface area (Å²) < 4.78 is 62.7. The van der Waals surface area contributed by atoms with Gasteiger partial charge in [-0.15, -0.1) is 0 Å². The number of aryl methyl sites for hydroxylation is 1. The summed E-state index contributed by atoms with van der Waals surface area (Å²) in [4.78, 5) is 17.4. The highest BCUT2D eigenvalue weighted by Gasteiger charge is 2.33. The summed E-state index contributed by atoms with van der Waals surface area (Å²) in [5, 5.41) is 8.53. The molecule has 12 heteroatoms. The SMILES string of the molecule is Cc1cc(C(F)(F)F)nc(CNS(=O)(=O)C[C@H](N)C(=O)O)n1. The molecule has 1 aromatic rings. The summed E-state index contributed by atoms with van der Waals surface area (Å²) >= 11 is 0. The summed E-state index contributed by atoms with van der Waals surface area (Å²) in [6.07, 6.45) is -4.69. The number of halogens is 3. The van der Waals surface area contributed by atoms with Crippen molar-refractivity contribution in [3.63, 3.8) is 0 Å². The Morgan fingerprint density at radius 3 is 2.55 bits per heavy atom. The molecule has 4 N–H and O–H groups in total. The van der Waals surface area contributed by atoms with Gasteiger partial charge in [-0.3, -0.25) is 4.79 Å². The minimum Gasteiger partial charge on any atom is -0.480 e. The first-order valence-corrected chi connectivity index (χ1v) is 7.43. The van der Waals surface area contributed by atoms with E-state index in [9.17, 15) is 26.4 Å². The number of sulfonamides is 1. The third-order valence-corrected chi connectivity index (χ3v) is 3.74. The zero-order chi connectivity index (χ0) is 17.1. The van der Waals surface area contributed by atoms with E-state index in [2.05, 4.69) is 9.97 Å². The third kappa shape index (κ3) is 5.54. The van der Waals surface area contributed by atoms with E-state index >= 15 is 0 Å². The van der Waals surface area contributed by atoms with Crippen LogP contribution in [-0.4, -0.2) is 41.3 Å². The topological polar surface area (TPSA) is 135 Å². The van der Waals surface area contributed by atoms with Crippen LogP contribution in [0, 0.1) is 6.92 Å². The number of carboxylic acid groups (broad SMARTS) is 1. The molecule has 0 aliphatic heterocycles. The van der Waals surface area contributed by atoms with Crippen LogP contribution < -0.4 is 10.5 Å². The zero-order valence-electron chi connectivity index (χ0n) is 11.3. The molecule has 0 aliphatic rings. The Morgan fingerprint density at radius 1 is 1.45 bits per heavy atom. The molecule has 1 rings (SSSR count). The lowest BCUT2D eigenvalue weighted by Crippen LogP contribution is -2.41. The maximum atomic E-state index is 12.6. The number of alkyl halides is 3. The highest BCUT2D eigenvalue weighted by Crippen LogP contribution is 2.27. The predicted octanol–water partition coefficient (Wildman–Crippen LogP) is -0.365. The zero-order valence-corrected chi connectivity index (χ0v) is 12.1. The quantitative estimate of drug-likeness (QED) is 0.642. The molecule has 0 aromatic carbocycles. The molecule has 1 atom stereocenters. The van der Waals surface area contributed by atoms with Gasteiger partial charge in [-0.25, -0.2) is 23.1 Å². The summed E-state index contributed by atoms with van der Waals surface area (Å²) in [5.74, 6) is -2.82. The van der Waals surface area contributed by atoms with E-state index in [0.717, 1.165) is 6.07 Å². The number of nitrogens with one attached hydrogen (secondary N) is 1. The molecular formula is C10H13F3N4O4S. The minimum atomic E-state index is -4.69. The highest BCUT2D eigenvalue weighted by atomic mass is 32.2. The minimum absolute atomic E-state index is 0.0127. The van der Waals surface area contributed by atoms with Crippen molar-refractivity contribution in [2.24, 2.45) is 5.73 Å². The van der Waals surface area contributed by atoms with Gasteiger partial charge < -0.3 is 10.8 Å². The van der Waals surface area contributed by atoms with Gasteiger partial charge in [-0.1, -0.05) is 0 Å². The van der Waals surface area contributed by atoms with Crippen LogP contribution in [0.5, 0.6) is 0 Å². The lowest BCUT2D eigenvalue weighted by molar-refractivity contribution is -0.141. The van der Waals surface area contributed by atoms with Gasteiger partial charge in [0.15, 0.2) is 0 Å². The maximum Gasteiger partial charge on any atom is 0.433 e. The van der Waals surface area contributed by atoms with Crippen molar-refractivity contribution in [1.29, 1.82) is 0 Å². The van der Waals surface area contributed by atoms with Crippen molar-refractivity contribution in [2.45, 2.75) is 25.7 Å². The van der Waals surface area contributed by atoms with Crippen molar-refractivity contribution in [3.05, 3.63) is 23.3 Å². The van der Waals surface area contributed by atoms with E-state index in [1.54, 1.807) is 0 Å². The lowest BCUT2D eigenvalue weighted by Gasteiger charge is -2.11. The second kappa shape index (κ2) is 6.54. The molecule has 0 unspecified atom stereocenters. The van der Waals surface area contributed by atoms with Gasteiger partial charge >= 0.3 is 12.1 Å². The molecule has 0 radical (unpaired) electrons. The summed E-state index contributed by atoms with van der Waals surface area (Å²) in [6.45, 7) is 0.689. The number of nitrogens with zero attached hydrogens (tertiary/aromatic N) is 2. The molecule has 0 spiro atoms. The van der Waals surface area contributed by atoms with E-state index in [1.165, 1.54) is 6.92 Å². The van der Waals surface area contributed by atoms with Crippen molar-refractivity contribution in [2.75, 3.05) is 5.75 Å². The van der Waals surface area contributed by atoms with Crippen LogP contribution in [0.2, 0.25) is 0 Å². The monoisotopic (exact) mass is 342 g/mol. The lowest BCUT2D eigenvalue weighted by atomic mass is 10.3. The van der Waals surface area contributed by atoms with Crippen LogP contribution in [0.4, 0.5) is 13.2 Å². The summed E-state index contributed by atoms with van der Waals surface area (Å²) in [7, 11) is -4.10. The molecule has 1 aromatic heterocycles. The van der Waals surface area contributed by atoms with Crippen LogP contribution >= 0.6 is 0 Å². The Balaban J connectivity index is 2.84. The van der Waals surface area contributed by atoms with Crippen LogP contribution in [0.3, 0.4) is 0 Å². The van der Waals surface area contributed by atoms with Crippen LogP contribution in [0.1, 0.15) is 17.2 Å². The fraction of sp³-hybridized carbons (Fsp3) is 0.500. The predicted molar refractivity (Wildman–Crippen MR) is 68.0 cm³/mol. The van der Waals surface area contributed by atoms with E-state index in [4.69, 9.17) is 10.8 Å². The van der Waals surface area contributed by atoms with E-state index in [0.29, 0.717) is 0 Å². The Bertz CT molecular complexity index is 663. The molecule has 0 saturated heterocycles. The Kier molecular flexibility index (Phi) is 5.43. The number of carbonyl (C=O) groups is 1. The molecule has 0 amide bonds. The molecule has 0 saturated carbocycles. The molecule has 8 nitrogen and oxygen atoms in total. The number of rotatable bonds is 6. The standard InChI is InChI=1S/C10H13F3N4O4S/c1-5-2-7(10(11,12)13)17-8(16-5)3-15-22(20,21)4-6(14)9(18)19/h2,6,15H,3-4,14H2,1H3,(H,18,19)/t6-/m0/s1. The van der Waals surface area contributed by atoms with Crippen LogP contribution in [0.15, 0.2) is 6.07 Å². The largest absolute Gasteiger partial charge is 0.480 e. The van der Waals surface area contributed by atoms with Crippen molar-refractivity contribution in [1.82, 2.24) is 14.7 Å². The second-order valence-corrected chi connectivity index (χ2v) is 6.21. The van der Waals surface area contributed by atoms with Gasteiger partial charge in [0, 0.05) is 5.69 Å². The fourth-order valence-corrected chi connectivity index (χ4v) is 2.48. The molecule has 0 fully saturated rings. The Labute approximate surface area is 123 Å². The average molecular weight is 342 g/mol. The first-order valence-electron chi connectivity index (χ1n) is 5.78. The maximum absolute atomic E-state index is 12.6. The van der Waals surface area contributed by atoms with Gasteiger partial charge in [0.25, 0.3) is 0 Å². The van der Waals surface area contributed by atoms with E-state index in [1.807, 2.05) is 4.72 Å². The first-order chi connectivity index (χ1) is 9.90. The second-order valence-electron chi connectivity index (χ2n) is 4.36. The van der Waals surface area contributed by atoms with Gasteiger partial charge in [0.2, 0.25) is 10.0 Å². The highest BCUT2D eigenvalue weighted by molar-refractivity contribution is 7.89. The number of aromatic nitrogens is 2. The number of aliphatic carboxylic acids is 1. The molecular weight excluding hydrogens is 329 g/mol. The third-order valence-electron chi connectivity index (χ3n) is 2.36. The van der Waals surface area contributed by atoms with E-state index < -0.39 is 46.2 Å². The summed E-state index contributed by atoms with van der Waals surface area (Å²) in [6, 6.07) is -0.931. The number of hydrogen-bond acceptors (Lipinski definition) is 6. The average Bonchev–Trinajstić information content (AvgIpc) is 2.34. The Morgan fingerprint density at radius 2 is 2.05 bits per heavy atom. The number of nitrogens with two attached hydrogens (primary N) is 1. The van der Waals surface area contributed by atoms with Gasteiger partial charge in [0.05, 0.1) is 12.3 Å². The fourth-order valence-electron chi connectivity index (χ4n) is 1.40. The molecule has 0 bridgehead atoms. The van der Waals surface area contributed by atoms with Crippen molar-refractivity contribution in [3.8, 4) is 0 Å². The molecule has 0 aliphatic carbocycles. The van der Waals surface area contributed by atoms with Crippen molar-refractivity contribution < 1.29 is 31.5 Å². The van der Waals surface area contributed by atoms with Gasteiger partial charge in [-0.2, -0.15) is 13.2 Å². The van der Waals surface area contributed by atoms with Gasteiger partial charge in [-0.05, 0) is 13.0 Å². The summed E-state index contributed by atoms with van der Waals surface area (Å²) in [5.41, 5.74) is 3.89. The van der Waals surface area contributed by atoms with Crippen molar-refractivity contribution >= 4 is 16.0 Å². The van der Waals surface area contributed by atoms with Gasteiger partial charge in [0.1, 0.15) is 17.6 Å². The number of carboxylic acids is 1. The first kappa shape index (κ1) is 18.3. The Hall–Kier alpha value is -1.79. The van der Waals surface area contributed by atoms with Crippen LogP contribution in [0.25, 0.3) is 0 Å². The normalized spacial score (nSPS) is 13.9. The number of hydrogen-bond donors (Lipinski definition) is 3. The smallest absolute Gasteiger partial charge is 0.433 e. The van der Waals surface area contributed by atoms with E-state index in [-0.39, 0.29) is 11.5 Å². The molecule has 1 heterocycles. The molecule has 124 valence electrons. The van der Waals surface area contributed by atoms with Crippen LogP contribution in [-0.2, 0) is 27.5 Å².